The highest BCUT2D eigenvalue weighted by molar-refractivity contribution is 7.92. The van der Waals surface area contributed by atoms with Gasteiger partial charge >= 0.3 is 0 Å². The highest BCUT2D eigenvalue weighted by Crippen LogP contribution is 2.28. The second-order valence-electron chi connectivity index (χ2n) is 5.67. The summed E-state index contributed by atoms with van der Waals surface area (Å²) in [5, 5.41) is 3.23. The van der Waals surface area contributed by atoms with Gasteiger partial charge in [0, 0.05) is 0 Å². The smallest absolute Gasteiger partial charge is 0.232 e. The first-order valence-corrected chi connectivity index (χ1v) is 9.59. The summed E-state index contributed by atoms with van der Waals surface area (Å²) in [6.07, 6.45) is 6.10. The minimum atomic E-state index is -3.25. The quantitative estimate of drug-likeness (QED) is 0.726. The molecule has 21 heavy (non-hydrogen) atoms. The van der Waals surface area contributed by atoms with E-state index in [1.54, 1.807) is 0 Å². The summed E-state index contributed by atoms with van der Waals surface area (Å²) >= 11 is 0. The molecule has 1 aliphatic rings. The molecule has 1 aromatic carbocycles. The Labute approximate surface area is 128 Å². The Kier molecular flexibility index (Phi) is 6.06. The van der Waals surface area contributed by atoms with Crippen LogP contribution in [0.2, 0.25) is 0 Å². The van der Waals surface area contributed by atoms with E-state index < -0.39 is 10.0 Å². The lowest BCUT2D eigenvalue weighted by atomic mass is 9.91. The van der Waals surface area contributed by atoms with Crippen molar-refractivity contribution in [2.24, 2.45) is 0 Å². The van der Waals surface area contributed by atoms with Crippen LogP contribution >= 0.6 is 0 Å². The average molecular weight is 310 g/mol. The molecule has 0 heterocycles. The molecule has 0 saturated carbocycles. The molecular formula is C16H26N2O2S. The van der Waals surface area contributed by atoms with Crippen LogP contribution in [-0.2, 0) is 22.9 Å². The van der Waals surface area contributed by atoms with Gasteiger partial charge in [0.2, 0.25) is 10.0 Å². The highest BCUT2D eigenvalue weighted by Gasteiger charge is 2.16. The van der Waals surface area contributed by atoms with E-state index in [9.17, 15) is 8.42 Å². The van der Waals surface area contributed by atoms with Gasteiger partial charge < -0.3 is 5.32 Å². The molecule has 0 bridgehead atoms. The number of rotatable bonds is 8. The molecule has 0 fully saturated rings. The normalized spacial score (nSPS) is 14.7. The van der Waals surface area contributed by atoms with E-state index in [2.05, 4.69) is 23.0 Å². The molecule has 0 aliphatic heterocycles. The van der Waals surface area contributed by atoms with E-state index in [1.807, 2.05) is 12.1 Å². The molecule has 5 heteroatoms. The van der Waals surface area contributed by atoms with E-state index >= 15 is 0 Å². The van der Waals surface area contributed by atoms with Gasteiger partial charge in [0.1, 0.15) is 0 Å². The van der Waals surface area contributed by atoms with Gasteiger partial charge in [0.15, 0.2) is 0 Å². The molecule has 0 aromatic heterocycles. The molecule has 1 aromatic rings. The van der Waals surface area contributed by atoms with Crippen LogP contribution in [0.5, 0.6) is 0 Å². The Hall–Kier alpha value is -1.07. The van der Waals surface area contributed by atoms with Crippen molar-refractivity contribution < 1.29 is 8.42 Å². The summed E-state index contributed by atoms with van der Waals surface area (Å²) in [6, 6.07) is 5.95. The molecule has 0 saturated heterocycles. The van der Waals surface area contributed by atoms with Crippen molar-refractivity contribution in [2.45, 2.75) is 45.4 Å². The van der Waals surface area contributed by atoms with E-state index in [0.717, 1.165) is 44.5 Å². The molecule has 2 N–H and O–H groups in total. The van der Waals surface area contributed by atoms with Crippen molar-refractivity contribution in [1.82, 2.24) is 5.32 Å². The molecule has 118 valence electrons. The van der Waals surface area contributed by atoms with Crippen molar-refractivity contribution in [2.75, 3.05) is 23.6 Å². The van der Waals surface area contributed by atoms with Crippen LogP contribution in [0.4, 0.5) is 5.69 Å². The Balaban J connectivity index is 1.94. The number of hydrogen-bond donors (Lipinski definition) is 2. The molecule has 0 spiro atoms. The number of nitrogens with one attached hydrogen (secondary N) is 2. The standard InChI is InChI=1S/C16H26N2O2S/c1-2-11-17-12-6-13-21(19,20)18-16-10-5-8-14-7-3-4-9-15(14)16/h5,8,10,17-18H,2-4,6-7,9,11-13H2,1H3. The SMILES string of the molecule is CCCNCCCS(=O)(=O)Nc1cccc2c1CCCC2. The first kappa shape index (κ1) is 16.3. The largest absolute Gasteiger partial charge is 0.317 e. The monoisotopic (exact) mass is 310 g/mol. The van der Waals surface area contributed by atoms with Gasteiger partial charge in [-0.15, -0.1) is 0 Å². The molecule has 0 unspecified atom stereocenters. The van der Waals surface area contributed by atoms with Crippen LogP contribution in [0.15, 0.2) is 18.2 Å². The Morgan fingerprint density at radius 2 is 1.95 bits per heavy atom. The van der Waals surface area contributed by atoms with Gasteiger partial charge in [-0.05, 0) is 68.8 Å². The van der Waals surface area contributed by atoms with E-state index in [-0.39, 0.29) is 5.75 Å². The van der Waals surface area contributed by atoms with Crippen LogP contribution < -0.4 is 10.0 Å². The molecule has 1 aliphatic carbocycles. The predicted octanol–water partition coefficient (Wildman–Crippen LogP) is 2.70. The van der Waals surface area contributed by atoms with Crippen LogP contribution in [-0.4, -0.2) is 27.3 Å². The second-order valence-corrected chi connectivity index (χ2v) is 7.52. The summed E-state index contributed by atoms with van der Waals surface area (Å²) in [5.41, 5.74) is 3.27. The maximum atomic E-state index is 12.2. The van der Waals surface area contributed by atoms with E-state index in [4.69, 9.17) is 0 Å². The third kappa shape index (κ3) is 5.00. The van der Waals surface area contributed by atoms with Crippen molar-refractivity contribution >= 4 is 15.7 Å². The van der Waals surface area contributed by atoms with Gasteiger partial charge in [-0.3, -0.25) is 4.72 Å². The van der Waals surface area contributed by atoms with Gasteiger partial charge in [0.05, 0.1) is 11.4 Å². The fourth-order valence-electron chi connectivity index (χ4n) is 2.78. The predicted molar refractivity (Wildman–Crippen MR) is 88.3 cm³/mol. The van der Waals surface area contributed by atoms with Gasteiger partial charge in [-0.2, -0.15) is 0 Å². The third-order valence-corrected chi connectivity index (χ3v) is 5.21. The molecular weight excluding hydrogens is 284 g/mol. The maximum Gasteiger partial charge on any atom is 0.232 e. The average Bonchev–Trinajstić information content (AvgIpc) is 2.47. The third-order valence-electron chi connectivity index (χ3n) is 3.85. The van der Waals surface area contributed by atoms with Gasteiger partial charge in [0.25, 0.3) is 0 Å². The number of fused-ring (bicyclic) bond motifs is 1. The second kappa shape index (κ2) is 7.80. The zero-order valence-corrected chi connectivity index (χ0v) is 13.6. The first-order valence-electron chi connectivity index (χ1n) is 7.94. The first-order chi connectivity index (χ1) is 10.1. The fourth-order valence-corrected chi connectivity index (χ4v) is 3.94. The van der Waals surface area contributed by atoms with Crippen molar-refractivity contribution in [3.63, 3.8) is 0 Å². The Morgan fingerprint density at radius 3 is 2.76 bits per heavy atom. The number of anilines is 1. The molecule has 4 nitrogen and oxygen atoms in total. The summed E-state index contributed by atoms with van der Waals surface area (Å²) < 4.78 is 27.1. The van der Waals surface area contributed by atoms with Crippen molar-refractivity contribution in [3.05, 3.63) is 29.3 Å². The summed E-state index contributed by atoms with van der Waals surface area (Å²) in [6.45, 7) is 3.80. The Morgan fingerprint density at radius 1 is 1.14 bits per heavy atom. The Bertz CT molecular complexity index is 555. The maximum absolute atomic E-state index is 12.2. The number of benzene rings is 1. The van der Waals surface area contributed by atoms with E-state index in [0.29, 0.717) is 6.42 Å². The van der Waals surface area contributed by atoms with Crippen molar-refractivity contribution in [1.29, 1.82) is 0 Å². The topological polar surface area (TPSA) is 58.2 Å². The highest BCUT2D eigenvalue weighted by atomic mass is 32.2. The van der Waals surface area contributed by atoms with Crippen LogP contribution in [0.3, 0.4) is 0 Å². The molecule has 0 amide bonds. The van der Waals surface area contributed by atoms with Gasteiger partial charge in [-0.1, -0.05) is 19.1 Å². The lowest BCUT2D eigenvalue weighted by Crippen LogP contribution is -2.23. The minimum absolute atomic E-state index is 0.174. The summed E-state index contributed by atoms with van der Waals surface area (Å²) in [7, 11) is -3.25. The molecule has 0 radical (unpaired) electrons. The lowest BCUT2D eigenvalue weighted by Gasteiger charge is -2.20. The van der Waals surface area contributed by atoms with Crippen LogP contribution in [0.25, 0.3) is 0 Å². The van der Waals surface area contributed by atoms with E-state index in [1.165, 1.54) is 17.5 Å². The summed E-state index contributed by atoms with van der Waals surface area (Å²) in [4.78, 5) is 0. The minimum Gasteiger partial charge on any atom is -0.317 e. The number of sulfonamides is 1. The molecule has 0 atom stereocenters. The number of aryl methyl sites for hydroxylation is 1. The fraction of sp³-hybridized carbons (Fsp3) is 0.625. The van der Waals surface area contributed by atoms with Crippen LogP contribution in [0.1, 0.15) is 43.7 Å². The van der Waals surface area contributed by atoms with Crippen LogP contribution in [0, 0.1) is 0 Å². The number of hydrogen-bond acceptors (Lipinski definition) is 3. The lowest BCUT2D eigenvalue weighted by molar-refractivity contribution is 0.593. The van der Waals surface area contributed by atoms with Crippen molar-refractivity contribution in [3.8, 4) is 0 Å². The van der Waals surface area contributed by atoms with Gasteiger partial charge in [-0.25, -0.2) is 8.42 Å². The zero-order chi connectivity index (χ0) is 15.1. The summed E-state index contributed by atoms with van der Waals surface area (Å²) in [5.74, 6) is 0.174. The zero-order valence-electron chi connectivity index (χ0n) is 12.8. The molecule has 2 rings (SSSR count).